The Labute approximate surface area is 189 Å². The van der Waals surface area contributed by atoms with Crippen LogP contribution in [0.5, 0.6) is 0 Å². The fraction of sp³-hybridized carbons (Fsp3) is 0.692. The number of carbonyl (C=O) groups is 1. The second kappa shape index (κ2) is 8.14. The van der Waals surface area contributed by atoms with Crippen LogP contribution in [0.3, 0.4) is 0 Å². The van der Waals surface area contributed by atoms with Crippen molar-refractivity contribution in [3.8, 4) is 0 Å². The number of aliphatic hydroxyl groups is 1. The minimum absolute atomic E-state index is 0.00810. The van der Waals surface area contributed by atoms with Gasteiger partial charge < -0.3 is 15.0 Å². The molecule has 1 saturated heterocycles. The number of amides is 1. The monoisotopic (exact) mass is 437 g/mol. The summed E-state index contributed by atoms with van der Waals surface area (Å²) in [5.74, 6) is 0.340. The predicted octanol–water partition coefficient (Wildman–Crippen LogP) is 2.85. The van der Waals surface area contributed by atoms with Gasteiger partial charge in [0.15, 0.2) is 0 Å². The number of fused-ring (bicyclic) bond motifs is 4. The van der Waals surface area contributed by atoms with Gasteiger partial charge in [-0.2, -0.15) is 0 Å². The molecule has 0 aromatic carbocycles. The van der Waals surface area contributed by atoms with Gasteiger partial charge in [-0.05, 0) is 68.6 Å². The van der Waals surface area contributed by atoms with Crippen molar-refractivity contribution in [1.29, 1.82) is 0 Å². The van der Waals surface area contributed by atoms with E-state index in [1.54, 1.807) is 0 Å². The molecule has 0 unspecified atom stereocenters. The van der Waals surface area contributed by atoms with Gasteiger partial charge in [0.25, 0.3) is 5.56 Å². The van der Waals surface area contributed by atoms with E-state index in [9.17, 15) is 14.7 Å². The van der Waals surface area contributed by atoms with Crippen LogP contribution in [0.25, 0.3) is 5.57 Å². The molecule has 2 aliphatic heterocycles. The van der Waals surface area contributed by atoms with Crippen molar-refractivity contribution >= 4 is 11.5 Å². The van der Waals surface area contributed by atoms with Gasteiger partial charge in [-0.15, -0.1) is 0 Å². The molecule has 0 spiro atoms. The molecule has 1 amide bonds. The lowest BCUT2D eigenvalue weighted by atomic mass is 9.86. The number of nitrogens with zero attached hydrogens (tertiary/aromatic N) is 2. The fourth-order valence-electron chi connectivity index (χ4n) is 6.90. The molecule has 6 nitrogen and oxygen atoms in total. The Hall–Kier alpha value is -1.92. The van der Waals surface area contributed by atoms with Gasteiger partial charge in [-0.25, -0.2) is 0 Å². The molecule has 2 bridgehead atoms. The van der Waals surface area contributed by atoms with Crippen molar-refractivity contribution < 1.29 is 9.90 Å². The largest absolute Gasteiger partial charge is 0.396 e. The molecule has 3 fully saturated rings. The minimum Gasteiger partial charge on any atom is -0.396 e. The number of rotatable bonds is 6. The normalized spacial score (nSPS) is 32.2. The molecule has 0 radical (unpaired) electrons. The highest BCUT2D eigenvalue weighted by molar-refractivity contribution is 5.81. The summed E-state index contributed by atoms with van der Waals surface area (Å²) in [5.41, 5.74) is 3.06. The molecule has 2 saturated carbocycles. The van der Waals surface area contributed by atoms with E-state index in [0.717, 1.165) is 49.9 Å². The fourth-order valence-corrected chi connectivity index (χ4v) is 6.90. The number of hydrogen-bond acceptors (Lipinski definition) is 4. The Morgan fingerprint density at radius 3 is 2.62 bits per heavy atom. The van der Waals surface area contributed by atoms with E-state index in [1.165, 1.54) is 31.3 Å². The third-order valence-corrected chi connectivity index (χ3v) is 8.73. The van der Waals surface area contributed by atoms with Crippen LogP contribution in [0.2, 0.25) is 0 Å². The van der Waals surface area contributed by atoms with E-state index in [4.69, 9.17) is 0 Å². The van der Waals surface area contributed by atoms with Crippen molar-refractivity contribution in [1.82, 2.24) is 14.8 Å². The summed E-state index contributed by atoms with van der Waals surface area (Å²) in [7, 11) is 0. The SMILES string of the molecule is O=C(NC1CCCC1)[C@H]1[C@H](CO)[C@H]2Cn3c(ccc(C4=CCCC4)c3=O)[C@@H]1N2CC1CC1. The maximum absolute atomic E-state index is 13.6. The van der Waals surface area contributed by atoms with Gasteiger partial charge in [-0.3, -0.25) is 14.5 Å². The van der Waals surface area contributed by atoms with E-state index < -0.39 is 0 Å². The van der Waals surface area contributed by atoms with Crippen LogP contribution in [0, 0.1) is 17.8 Å². The predicted molar refractivity (Wildman–Crippen MR) is 123 cm³/mol. The Kier molecular flexibility index (Phi) is 5.26. The molecular weight excluding hydrogens is 402 g/mol. The maximum Gasteiger partial charge on any atom is 0.258 e. The number of aliphatic hydroxyl groups excluding tert-OH is 1. The van der Waals surface area contributed by atoms with Crippen molar-refractivity contribution in [2.24, 2.45) is 17.8 Å². The highest BCUT2D eigenvalue weighted by atomic mass is 16.3. The minimum atomic E-state index is -0.297. The smallest absolute Gasteiger partial charge is 0.258 e. The molecule has 172 valence electrons. The van der Waals surface area contributed by atoms with Crippen LogP contribution < -0.4 is 10.9 Å². The van der Waals surface area contributed by atoms with Crippen LogP contribution in [-0.2, 0) is 11.3 Å². The maximum atomic E-state index is 13.6. The van der Waals surface area contributed by atoms with Crippen LogP contribution in [0.15, 0.2) is 23.0 Å². The third-order valence-electron chi connectivity index (χ3n) is 8.73. The summed E-state index contributed by atoms with van der Waals surface area (Å²) in [6.45, 7) is 1.54. The first kappa shape index (κ1) is 20.7. The molecule has 1 aromatic heterocycles. The Morgan fingerprint density at radius 2 is 1.94 bits per heavy atom. The van der Waals surface area contributed by atoms with Gasteiger partial charge in [0.1, 0.15) is 0 Å². The molecular formula is C26H35N3O3. The summed E-state index contributed by atoms with van der Waals surface area (Å²) in [4.78, 5) is 29.6. The first-order valence-electron chi connectivity index (χ1n) is 12.8. The lowest BCUT2D eigenvalue weighted by molar-refractivity contribution is -0.128. The molecule has 2 N–H and O–H groups in total. The molecule has 6 rings (SSSR count). The average molecular weight is 438 g/mol. The Balaban J connectivity index is 1.39. The summed E-state index contributed by atoms with van der Waals surface area (Å²) in [5, 5.41) is 13.7. The summed E-state index contributed by atoms with van der Waals surface area (Å²) in [6.07, 6.45) is 12.3. The van der Waals surface area contributed by atoms with E-state index >= 15 is 0 Å². The Morgan fingerprint density at radius 1 is 1.12 bits per heavy atom. The van der Waals surface area contributed by atoms with Gasteiger partial charge in [-0.1, -0.05) is 18.9 Å². The average Bonchev–Trinajstić information content (AvgIpc) is 3.15. The van der Waals surface area contributed by atoms with Gasteiger partial charge in [0.05, 0.1) is 12.0 Å². The summed E-state index contributed by atoms with van der Waals surface area (Å²) < 4.78 is 1.94. The van der Waals surface area contributed by atoms with Crippen molar-refractivity contribution in [2.75, 3.05) is 13.2 Å². The van der Waals surface area contributed by atoms with Crippen molar-refractivity contribution in [3.63, 3.8) is 0 Å². The number of pyridine rings is 1. The first-order valence-corrected chi connectivity index (χ1v) is 12.8. The Bertz CT molecular complexity index is 989. The number of aromatic nitrogens is 1. The number of allylic oxidation sites excluding steroid dienone is 2. The van der Waals surface area contributed by atoms with E-state index in [0.29, 0.717) is 12.5 Å². The van der Waals surface area contributed by atoms with Gasteiger partial charge in [0.2, 0.25) is 5.91 Å². The van der Waals surface area contributed by atoms with Crippen molar-refractivity contribution in [3.05, 3.63) is 39.8 Å². The molecule has 6 heteroatoms. The second-order valence-corrected chi connectivity index (χ2v) is 10.7. The van der Waals surface area contributed by atoms with Gasteiger partial charge in [0, 0.05) is 49.0 Å². The zero-order valence-corrected chi connectivity index (χ0v) is 18.8. The van der Waals surface area contributed by atoms with E-state index in [2.05, 4.69) is 22.4 Å². The molecule has 32 heavy (non-hydrogen) atoms. The first-order chi connectivity index (χ1) is 15.7. The molecule has 3 heterocycles. The lowest BCUT2D eigenvalue weighted by Crippen LogP contribution is -2.47. The zero-order chi connectivity index (χ0) is 21.8. The van der Waals surface area contributed by atoms with E-state index in [1.807, 2.05) is 10.6 Å². The third kappa shape index (κ3) is 3.38. The van der Waals surface area contributed by atoms with Crippen LogP contribution in [0.1, 0.15) is 75.1 Å². The number of nitrogens with one attached hydrogen (secondary N) is 1. The van der Waals surface area contributed by atoms with Crippen LogP contribution in [0.4, 0.5) is 0 Å². The highest BCUT2D eigenvalue weighted by Crippen LogP contribution is 2.50. The van der Waals surface area contributed by atoms with Crippen LogP contribution in [-0.4, -0.2) is 45.7 Å². The highest BCUT2D eigenvalue weighted by Gasteiger charge is 2.56. The molecule has 4 atom stereocenters. The summed E-state index contributed by atoms with van der Waals surface area (Å²) >= 11 is 0. The molecule has 1 aromatic rings. The van der Waals surface area contributed by atoms with E-state index in [-0.39, 0.29) is 48.0 Å². The number of carbonyl (C=O) groups excluding carboxylic acids is 1. The van der Waals surface area contributed by atoms with Gasteiger partial charge >= 0.3 is 0 Å². The van der Waals surface area contributed by atoms with Crippen LogP contribution >= 0.6 is 0 Å². The standard InChI is InChI=1S/C26H35N3O3/c30-15-20-22-14-29-21(12-11-19(26(29)32)17-5-1-2-6-17)24(28(22)13-16-9-10-16)23(20)25(31)27-18-7-3-4-8-18/h5,11-12,16,18,20,22-24,30H,1-4,6-10,13-15H2,(H,27,31)/t20-,22-,23+,24+/m1/s1. The lowest BCUT2D eigenvalue weighted by Gasteiger charge is -2.38. The number of hydrogen-bond donors (Lipinski definition) is 2. The topological polar surface area (TPSA) is 74.6 Å². The molecule has 5 aliphatic rings. The van der Waals surface area contributed by atoms with Crippen molar-refractivity contribution in [2.45, 2.75) is 82.5 Å². The zero-order valence-electron chi connectivity index (χ0n) is 18.8. The second-order valence-electron chi connectivity index (χ2n) is 10.7. The molecule has 3 aliphatic carbocycles. The summed E-state index contributed by atoms with van der Waals surface area (Å²) in [6, 6.07) is 4.29. The quantitative estimate of drug-likeness (QED) is 0.718.